The minimum absolute atomic E-state index is 0.618. The van der Waals surface area contributed by atoms with E-state index in [2.05, 4.69) is 31.1 Å². The van der Waals surface area contributed by atoms with E-state index in [1.165, 1.54) is 5.56 Å². The van der Waals surface area contributed by atoms with Crippen molar-refractivity contribution in [2.24, 2.45) is 13.0 Å². The average molecular weight is 244 g/mol. The van der Waals surface area contributed by atoms with Gasteiger partial charge in [-0.3, -0.25) is 4.68 Å². The molecule has 1 N–H and O–H groups in total. The smallest absolute Gasteiger partial charge is 0.123 e. The fraction of sp³-hybridized carbons (Fsp3) is 0.400. The molecule has 1 aromatic heterocycles. The maximum absolute atomic E-state index is 10.3. The summed E-state index contributed by atoms with van der Waals surface area (Å²) in [6.07, 6.45) is 2.23. The number of nitrogens with zero attached hydrogens (tertiary/aromatic N) is 2. The summed E-state index contributed by atoms with van der Waals surface area (Å²) in [5.41, 5.74) is 2.86. The molecule has 0 fully saturated rings. The molecule has 3 heteroatoms. The van der Waals surface area contributed by atoms with Gasteiger partial charge in [-0.15, -0.1) is 0 Å². The molecule has 0 spiro atoms. The van der Waals surface area contributed by atoms with Crippen LogP contribution in [0, 0.1) is 5.92 Å². The van der Waals surface area contributed by atoms with Crippen LogP contribution >= 0.6 is 0 Å². The van der Waals surface area contributed by atoms with Crippen molar-refractivity contribution in [2.75, 3.05) is 0 Å². The van der Waals surface area contributed by atoms with Gasteiger partial charge in [0, 0.05) is 13.2 Å². The zero-order valence-electron chi connectivity index (χ0n) is 11.2. The third-order valence-electron chi connectivity index (χ3n) is 2.93. The lowest BCUT2D eigenvalue weighted by Crippen LogP contribution is -2.03. The zero-order valence-corrected chi connectivity index (χ0v) is 11.2. The summed E-state index contributed by atoms with van der Waals surface area (Å²) in [7, 11) is 1.85. The first-order valence-electron chi connectivity index (χ1n) is 6.32. The molecular formula is C15H20N2O. The lowest BCUT2D eigenvalue weighted by atomic mass is 9.98. The van der Waals surface area contributed by atoms with Crippen molar-refractivity contribution >= 4 is 0 Å². The fourth-order valence-electron chi connectivity index (χ4n) is 2.11. The predicted molar refractivity (Wildman–Crippen MR) is 72.3 cm³/mol. The van der Waals surface area contributed by atoms with E-state index in [4.69, 9.17) is 0 Å². The highest BCUT2D eigenvalue weighted by Gasteiger charge is 2.13. The van der Waals surface area contributed by atoms with Gasteiger partial charge in [-0.1, -0.05) is 38.1 Å². The monoisotopic (exact) mass is 244 g/mol. The van der Waals surface area contributed by atoms with Crippen LogP contribution in [0.25, 0.3) is 0 Å². The Morgan fingerprint density at radius 3 is 2.67 bits per heavy atom. The summed E-state index contributed by atoms with van der Waals surface area (Å²) in [5.74, 6) is 0.618. The van der Waals surface area contributed by atoms with Gasteiger partial charge >= 0.3 is 0 Å². The topological polar surface area (TPSA) is 38.0 Å². The summed E-state index contributed by atoms with van der Waals surface area (Å²) in [4.78, 5) is 0. The molecule has 0 bridgehead atoms. The van der Waals surface area contributed by atoms with Gasteiger partial charge in [-0.2, -0.15) is 5.10 Å². The van der Waals surface area contributed by atoms with E-state index >= 15 is 0 Å². The largest absolute Gasteiger partial charge is 0.382 e. The van der Waals surface area contributed by atoms with Crippen molar-refractivity contribution in [1.82, 2.24) is 9.78 Å². The summed E-state index contributed by atoms with van der Waals surface area (Å²) >= 11 is 0. The van der Waals surface area contributed by atoms with E-state index in [0.717, 1.165) is 12.0 Å². The van der Waals surface area contributed by atoms with E-state index in [1.54, 1.807) is 4.68 Å². The normalized spacial score (nSPS) is 12.9. The van der Waals surface area contributed by atoms with Crippen molar-refractivity contribution < 1.29 is 5.11 Å². The number of hydrogen-bond donors (Lipinski definition) is 1. The maximum atomic E-state index is 10.3. The molecule has 1 atom stereocenters. The SMILES string of the molecule is CC(C)Cc1cccc(C(O)c2ccn(C)n2)c1. The first-order chi connectivity index (χ1) is 8.56. The van der Waals surface area contributed by atoms with Crippen LogP contribution in [-0.4, -0.2) is 14.9 Å². The Bertz CT molecular complexity index is 517. The van der Waals surface area contributed by atoms with E-state index in [0.29, 0.717) is 11.6 Å². The van der Waals surface area contributed by atoms with Gasteiger partial charge in [0.25, 0.3) is 0 Å². The molecule has 0 aliphatic rings. The van der Waals surface area contributed by atoms with Gasteiger partial charge < -0.3 is 5.11 Å². The zero-order chi connectivity index (χ0) is 13.1. The van der Waals surface area contributed by atoms with Crippen molar-refractivity contribution in [1.29, 1.82) is 0 Å². The second-order valence-corrected chi connectivity index (χ2v) is 5.16. The van der Waals surface area contributed by atoms with Crippen molar-refractivity contribution in [2.45, 2.75) is 26.4 Å². The lowest BCUT2D eigenvalue weighted by molar-refractivity contribution is 0.214. The summed E-state index contributed by atoms with van der Waals surface area (Å²) in [6.45, 7) is 4.39. The minimum atomic E-state index is -0.640. The van der Waals surface area contributed by atoms with Crippen molar-refractivity contribution in [3.8, 4) is 0 Å². The van der Waals surface area contributed by atoms with Crippen molar-refractivity contribution in [3.05, 3.63) is 53.3 Å². The fourth-order valence-corrected chi connectivity index (χ4v) is 2.11. The summed E-state index contributed by atoms with van der Waals surface area (Å²) in [6, 6.07) is 9.97. The van der Waals surface area contributed by atoms with E-state index in [-0.39, 0.29) is 0 Å². The molecule has 0 radical (unpaired) electrons. The van der Waals surface area contributed by atoms with Crippen LogP contribution in [0.5, 0.6) is 0 Å². The predicted octanol–water partition coefficient (Wildman–Crippen LogP) is 2.70. The van der Waals surface area contributed by atoms with Gasteiger partial charge in [-0.05, 0) is 29.5 Å². The molecule has 0 saturated carbocycles. The third-order valence-corrected chi connectivity index (χ3v) is 2.93. The van der Waals surface area contributed by atoms with Crippen LogP contribution in [-0.2, 0) is 13.5 Å². The van der Waals surface area contributed by atoms with Crippen LogP contribution < -0.4 is 0 Å². The molecule has 3 nitrogen and oxygen atoms in total. The van der Waals surface area contributed by atoms with Gasteiger partial charge in [0.2, 0.25) is 0 Å². The summed E-state index contributed by atoms with van der Waals surface area (Å²) in [5, 5.41) is 14.5. The van der Waals surface area contributed by atoms with Crippen LogP contribution in [0.1, 0.15) is 36.8 Å². The minimum Gasteiger partial charge on any atom is -0.382 e. The Morgan fingerprint density at radius 2 is 2.06 bits per heavy atom. The van der Waals surface area contributed by atoms with Crippen molar-refractivity contribution in [3.63, 3.8) is 0 Å². The highest BCUT2D eigenvalue weighted by molar-refractivity contribution is 5.29. The molecule has 18 heavy (non-hydrogen) atoms. The van der Waals surface area contributed by atoms with E-state index < -0.39 is 6.10 Å². The first-order valence-corrected chi connectivity index (χ1v) is 6.32. The van der Waals surface area contributed by atoms with Gasteiger partial charge in [-0.25, -0.2) is 0 Å². The third kappa shape index (κ3) is 2.99. The molecule has 96 valence electrons. The molecule has 0 aliphatic carbocycles. The molecule has 0 amide bonds. The molecule has 1 aromatic carbocycles. The standard InChI is InChI=1S/C15H20N2O/c1-11(2)9-12-5-4-6-13(10-12)15(18)14-7-8-17(3)16-14/h4-8,10-11,15,18H,9H2,1-3H3. The Morgan fingerprint density at radius 1 is 1.28 bits per heavy atom. The van der Waals surface area contributed by atoms with Crippen LogP contribution in [0.15, 0.2) is 36.5 Å². The summed E-state index contributed by atoms with van der Waals surface area (Å²) < 4.78 is 1.70. The van der Waals surface area contributed by atoms with Crippen LogP contribution in [0.4, 0.5) is 0 Å². The molecular weight excluding hydrogens is 224 g/mol. The van der Waals surface area contributed by atoms with Gasteiger partial charge in [0.1, 0.15) is 6.10 Å². The molecule has 0 aliphatic heterocycles. The molecule has 1 unspecified atom stereocenters. The van der Waals surface area contributed by atoms with Crippen LogP contribution in [0.3, 0.4) is 0 Å². The molecule has 2 aromatic rings. The Balaban J connectivity index is 2.22. The Kier molecular flexibility index (Phi) is 3.82. The van der Waals surface area contributed by atoms with Gasteiger partial charge in [0.15, 0.2) is 0 Å². The number of aryl methyl sites for hydroxylation is 1. The second kappa shape index (κ2) is 5.36. The molecule has 0 saturated heterocycles. The highest BCUT2D eigenvalue weighted by atomic mass is 16.3. The number of aliphatic hydroxyl groups excluding tert-OH is 1. The number of aromatic nitrogens is 2. The lowest BCUT2D eigenvalue weighted by Gasteiger charge is -2.11. The highest BCUT2D eigenvalue weighted by Crippen LogP contribution is 2.22. The maximum Gasteiger partial charge on any atom is 0.123 e. The number of hydrogen-bond acceptors (Lipinski definition) is 2. The Labute approximate surface area is 108 Å². The number of aliphatic hydroxyl groups is 1. The van der Waals surface area contributed by atoms with Gasteiger partial charge in [0.05, 0.1) is 5.69 Å². The molecule has 1 heterocycles. The number of rotatable bonds is 4. The second-order valence-electron chi connectivity index (χ2n) is 5.16. The number of benzene rings is 1. The Hall–Kier alpha value is -1.61. The van der Waals surface area contributed by atoms with Crippen LogP contribution in [0.2, 0.25) is 0 Å². The molecule has 2 rings (SSSR count). The van der Waals surface area contributed by atoms with E-state index in [9.17, 15) is 5.11 Å². The quantitative estimate of drug-likeness (QED) is 0.898. The average Bonchev–Trinajstić information content (AvgIpc) is 2.74. The first kappa shape index (κ1) is 12.8. The van der Waals surface area contributed by atoms with E-state index in [1.807, 2.05) is 31.4 Å².